The molecule has 2 rings (SSSR count). The predicted molar refractivity (Wildman–Crippen MR) is 64.3 cm³/mol. The van der Waals surface area contributed by atoms with Crippen LogP contribution in [0.1, 0.15) is 0 Å². The van der Waals surface area contributed by atoms with Gasteiger partial charge in [-0.05, 0) is 24.3 Å². The molecule has 0 radical (unpaired) electrons. The van der Waals surface area contributed by atoms with Crippen molar-refractivity contribution in [3.63, 3.8) is 0 Å². The van der Waals surface area contributed by atoms with Crippen molar-refractivity contribution in [1.82, 2.24) is 10.2 Å². The summed E-state index contributed by atoms with van der Waals surface area (Å²) < 4.78 is 5.41. The molecule has 0 fully saturated rings. The minimum atomic E-state index is 0.469. The van der Waals surface area contributed by atoms with E-state index in [1.54, 1.807) is 12.1 Å². The van der Waals surface area contributed by atoms with Crippen molar-refractivity contribution in [2.45, 2.75) is 5.22 Å². The summed E-state index contributed by atoms with van der Waals surface area (Å²) in [6, 6.07) is 7.20. The average Bonchev–Trinajstić information content (AvgIpc) is 2.76. The Balaban J connectivity index is 2.18. The molecule has 80 valence electrons. The number of terminal acetylenes is 1. The molecule has 0 spiro atoms. The number of halogens is 1. The van der Waals surface area contributed by atoms with Crippen molar-refractivity contribution in [2.75, 3.05) is 5.75 Å². The number of hydrogen-bond acceptors (Lipinski definition) is 4. The predicted octanol–water partition coefficient (Wildman–Crippen LogP) is 3.12. The van der Waals surface area contributed by atoms with Crippen molar-refractivity contribution in [3.8, 4) is 23.8 Å². The Kier molecular flexibility index (Phi) is 3.50. The van der Waals surface area contributed by atoms with E-state index in [2.05, 4.69) is 16.1 Å². The molecule has 1 aromatic carbocycles. The second-order valence-electron chi connectivity index (χ2n) is 2.87. The summed E-state index contributed by atoms with van der Waals surface area (Å²) in [5.41, 5.74) is 0.837. The van der Waals surface area contributed by atoms with E-state index in [0.29, 0.717) is 21.9 Å². The van der Waals surface area contributed by atoms with Crippen LogP contribution in [0.15, 0.2) is 33.9 Å². The SMILES string of the molecule is C#CCSc1nnc(-c2ccc(Cl)cc2)o1. The van der Waals surface area contributed by atoms with E-state index >= 15 is 0 Å². The second-order valence-corrected chi connectivity index (χ2v) is 4.24. The lowest BCUT2D eigenvalue weighted by Gasteiger charge is -1.93. The van der Waals surface area contributed by atoms with Crippen LogP contribution in [0.4, 0.5) is 0 Å². The van der Waals surface area contributed by atoms with E-state index in [4.69, 9.17) is 22.4 Å². The lowest BCUT2D eigenvalue weighted by molar-refractivity contribution is 0.466. The van der Waals surface area contributed by atoms with Crippen LogP contribution in [0, 0.1) is 12.3 Å². The zero-order chi connectivity index (χ0) is 11.4. The second kappa shape index (κ2) is 5.06. The molecular formula is C11H7ClN2OS. The Morgan fingerprint density at radius 1 is 1.31 bits per heavy atom. The van der Waals surface area contributed by atoms with E-state index in [9.17, 15) is 0 Å². The Labute approximate surface area is 102 Å². The standard InChI is InChI=1S/C11H7ClN2OS/c1-2-7-16-11-14-13-10(15-11)8-3-5-9(12)6-4-8/h1,3-6H,7H2. The van der Waals surface area contributed by atoms with Crippen LogP contribution < -0.4 is 0 Å². The maximum atomic E-state index is 5.78. The first-order chi connectivity index (χ1) is 7.79. The molecule has 3 nitrogen and oxygen atoms in total. The minimum Gasteiger partial charge on any atom is -0.411 e. The third-order valence-electron chi connectivity index (χ3n) is 1.78. The summed E-state index contributed by atoms with van der Waals surface area (Å²) in [7, 11) is 0. The number of nitrogens with zero attached hydrogens (tertiary/aromatic N) is 2. The topological polar surface area (TPSA) is 38.9 Å². The van der Waals surface area contributed by atoms with Crippen LogP contribution in [0.5, 0.6) is 0 Å². The third kappa shape index (κ3) is 2.57. The van der Waals surface area contributed by atoms with Gasteiger partial charge in [0.25, 0.3) is 5.22 Å². The van der Waals surface area contributed by atoms with Crippen molar-refractivity contribution in [3.05, 3.63) is 29.3 Å². The summed E-state index contributed by atoms with van der Waals surface area (Å²) in [6.45, 7) is 0. The van der Waals surface area contributed by atoms with Gasteiger partial charge in [-0.15, -0.1) is 16.6 Å². The zero-order valence-corrected chi connectivity index (χ0v) is 9.76. The van der Waals surface area contributed by atoms with E-state index in [-0.39, 0.29) is 0 Å². The van der Waals surface area contributed by atoms with E-state index in [1.165, 1.54) is 11.8 Å². The normalized spacial score (nSPS) is 10.0. The minimum absolute atomic E-state index is 0.469. The number of hydrogen-bond donors (Lipinski definition) is 0. The van der Waals surface area contributed by atoms with Crippen LogP contribution in [0.25, 0.3) is 11.5 Å². The Morgan fingerprint density at radius 3 is 2.75 bits per heavy atom. The Hall–Kier alpha value is -1.44. The molecule has 0 N–H and O–H groups in total. The molecule has 0 aliphatic carbocycles. The molecule has 0 unspecified atom stereocenters. The summed E-state index contributed by atoms with van der Waals surface area (Å²) in [4.78, 5) is 0. The fraction of sp³-hybridized carbons (Fsp3) is 0.0909. The van der Waals surface area contributed by atoms with Crippen LogP contribution in [0.3, 0.4) is 0 Å². The van der Waals surface area contributed by atoms with Crippen molar-refractivity contribution >= 4 is 23.4 Å². The van der Waals surface area contributed by atoms with Gasteiger partial charge in [0.15, 0.2) is 0 Å². The molecule has 0 amide bonds. The van der Waals surface area contributed by atoms with Gasteiger partial charge in [0.2, 0.25) is 5.89 Å². The molecule has 0 atom stereocenters. The Morgan fingerprint density at radius 2 is 2.06 bits per heavy atom. The smallest absolute Gasteiger partial charge is 0.277 e. The number of benzene rings is 1. The van der Waals surface area contributed by atoms with Gasteiger partial charge in [-0.3, -0.25) is 0 Å². The van der Waals surface area contributed by atoms with E-state index in [0.717, 1.165) is 5.56 Å². The fourth-order valence-electron chi connectivity index (χ4n) is 1.08. The highest BCUT2D eigenvalue weighted by Crippen LogP contribution is 2.23. The monoisotopic (exact) mass is 250 g/mol. The van der Waals surface area contributed by atoms with Gasteiger partial charge in [-0.2, -0.15) is 0 Å². The molecule has 16 heavy (non-hydrogen) atoms. The summed E-state index contributed by atoms with van der Waals surface area (Å²) >= 11 is 7.12. The van der Waals surface area contributed by atoms with Crippen LogP contribution >= 0.6 is 23.4 Å². The van der Waals surface area contributed by atoms with Gasteiger partial charge in [0.1, 0.15) is 0 Å². The summed E-state index contributed by atoms with van der Waals surface area (Å²) in [5.74, 6) is 3.48. The highest BCUT2D eigenvalue weighted by Gasteiger charge is 2.07. The van der Waals surface area contributed by atoms with Crippen molar-refractivity contribution < 1.29 is 4.42 Å². The summed E-state index contributed by atoms with van der Waals surface area (Å²) in [5, 5.41) is 8.94. The first kappa shape index (κ1) is 11.1. The molecule has 0 aliphatic heterocycles. The molecule has 1 heterocycles. The number of rotatable bonds is 3. The van der Waals surface area contributed by atoms with Crippen LogP contribution in [0.2, 0.25) is 5.02 Å². The lowest BCUT2D eigenvalue weighted by Crippen LogP contribution is -1.76. The van der Waals surface area contributed by atoms with Gasteiger partial charge < -0.3 is 4.42 Å². The molecule has 2 aromatic rings. The van der Waals surface area contributed by atoms with Gasteiger partial charge in [-0.1, -0.05) is 29.3 Å². The maximum absolute atomic E-state index is 5.78. The van der Waals surface area contributed by atoms with Crippen molar-refractivity contribution in [1.29, 1.82) is 0 Å². The Bertz CT molecular complexity index is 516. The summed E-state index contributed by atoms with van der Waals surface area (Å²) in [6.07, 6.45) is 5.14. The van der Waals surface area contributed by atoms with Crippen LogP contribution in [-0.2, 0) is 0 Å². The fourth-order valence-corrected chi connectivity index (χ4v) is 1.65. The van der Waals surface area contributed by atoms with Gasteiger partial charge in [0.05, 0.1) is 5.75 Å². The van der Waals surface area contributed by atoms with Crippen LogP contribution in [-0.4, -0.2) is 16.0 Å². The molecule has 5 heteroatoms. The first-order valence-corrected chi connectivity index (χ1v) is 5.81. The molecular weight excluding hydrogens is 244 g/mol. The lowest BCUT2D eigenvalue weighted by atomic mass is 10.2. The van der Waals surface area contributed by atoms with Gasteiger partial charge in [0, 0.05) is 10.6 Å². The molecule has 0 aliphatic rings. The van der Waals surface area contributed by atoms with Gasteiger partial charge in [-0.25, -0.2) is 0 Å². The van der Waals surface area contributed by atoms with Crippen molar-refractivity contribution in [2.24, 2.45) is 0 Å². The number of thioether (sulfide) groups is 1. The average molecular weight is 251 g/mol. The maximum Gasteiger partial charge on any atom is 0.277 e. The molecule has 0 saturated carbocycles. The third-order valence-corrected chi connectivity index (χ3v) is 2.75. The van der Waals surface area contributed by atoms with E-state index < -0.39 is 0 Å². The molecule has 0 bridgehead atoms. The van der Waals surface area contributed by atoms with Gasteiger partial charge >= 0.3 is 0 Å². The number of aromatic nitrogens is 2. The quantitative estimate of drug-likeness (QED) is 0.620. The highest BCUT2D eigenvalue weighted by molar-refractivity contribution is 7.99. The zero-order valence-electron chi connectivity index (χ0n) is 8.18. The molecule has 1 aromatic heterocycles. The highest BCUT2D eigenvalue weighted by atomic mass is 35.5. The molecule has 0 saturated heterocycles. The largest absolute Gasteiger partial charge is 0.411 e. The van der Waals surface area contributed by atoms with E-state index in [1.807, 2.05) is 12.1 Å². The first-order valence-electron chi connectivity index (χ1n) is 4.45.